The van der Waals surface area contributed by atoms with Crippen LogP contribution in [0, 0.1) is 0 Å². The highest BCUT2D eigenvalue weighted by molar-refractivity contribution is 7.88. The minimum absolute atomic E-state index is 0.107. The molecule has 0 radical (unpaired) electrons. The van der Waals surface area contributed by atoms with Crippen LogP contribution in [-0.2, 0) is 19.6 Å². The molecule has 1 amide bonds. The van der Waals surface area contributed by atoms with E-state index in [9.17, 15) is 13.2 Å². The van der Waals surface area contributed by atoms with Crippen molar-refractivity contribution in [1.82, 2.24) is 19.4 Å². The van der Waals surface area contributed by atoms with E-state index in [4.69, 9.17) is 4.74 Å². The van der Waals surface area contributed by atoms with E-state index in [1.165, 1.54) is 10.6 Å². The number of piperazine rings is 1. The molecule has 1 N–H and O–H groups in total. The highest BCUT2D eigenvalue weighted by Gasteiger charge is 2.30. The third-order valence-electron chi connectivity index (χ3n) is 5.00. The Hall–Kier alpha value is -1.39. The van der Waals surface area contributed by atoms with Gasteiger partial charge in [0.05, 0.1) is 6.26 Å². The first-order valence-electron chi connectivity index (χ1n) is 9.68. The van der Waals surface area contributed by atoms with Crippen LogP contribution in [0.25, 0.3) is 0 Å². The Kier molecular flexibility index (Phi) is 8.30. The average Bonchev–Trinajstić information content (AvgIpc) is 3.18. The molecule has 9 nitrogen and oxygen atoms in total. The highest BCUT2D eigenvalue weighted by atomic mass is 32.2. The number of rotatable bonds is 7. The van der Waals surface area contributed by atoms with Gasteiger partial charge in [0.25, 0.3) is 5.91 Å². The maximum absolute atomic E-state index is 12.4. The first-order chi connectivity index (χ1) is 12.9. The van der Waals surface area contributed by atoms with Gasteiger partial charge in [0.1, 0.15) is 6.10 Å². The van der Waals surface area contributed by atoms with E-state index < -0.39 is 10.0 Å². The molecule has 1 atom stereocenters. The van der Waals surface area contributed by atoms with Gasteiger partial charge in [0, 0.05) is 59.5 Å². The Morgan fingerprint density at radius 3 is 2.44 bits per heavy atom. The lowest BCUT2D eigenvalue weighted by Crippen LogP contribution is -2.55. The van der Waals surface area contributed by atoms with Gasteiger partial charge in [-0.1, -0.05) is 6.92 Å². The zero-order chi connectivity index (χ0) is 19.9. The number of carbonyl (C=O) groups is 1. The van der Waals surface area contributed by atoms with Crippen molar-refractivity contribution in [2.24, 2.45) is 4.99 Å². The number of nitrogens with zero attached hydrogens (tertiary/aromatic N) is 4. The lowest BCUT2D eigenvalue weighted by Gasteiger charge is -2.37. The molecule has 0 aromatic carbocycles. The van der Waals surface area contributed by atoms with Crippen LogP contribution >= 0.6 is 0 Å². The number of amides is 1. The van der Waals surface area contributed by atoms with Crippen molar-refractivity contribution in [1.29, 1.82) is 0 Å². The van der Waals surface area contributed by atoms with Gasteiger partial charge >= 0.3 is 0 Å². The number of hydrogen-bond acceptors (Lipinski definition) is 5. The number of aliphatic imine (C=N–C) groups is 1. The fourth-order valence-electron chi connectivity index (χ4n) is 3.46. The maximum Gasteiger partial charge on any atom is 0.251 e. The maximum atomic E-state index is 12.4. The molecule has 2 aliphatic heterocycles. The number of nitrogens with one attached hydrogen (secondary N) is 1. The fourth-order valence-corrected chi connectivity index (χ4v) is 4.39. The summed E-state index contributed by atoms with van der Waals surface area (Å²) in [6, 6.07) is 0. The summed E-state index contributed by atoms with van der Waals surface area (Å²) >= 11 is 0. The Bertz CT molecular complexity index is 611. The van der Waals surface area contributed by atoms with Gasteiger partial charge in [-0.05, 0) is 19.3 Å². The second-order valence-electron chi connectivity index (χ2n) is 6.90. The van der Waals surface area contributed by atoms with Crippen LogP contribution in [0.1, 0.15) is 26.2 Å². The number of sulfonamides is 1. The lowest BCUT2D eigenvalue weighted by molar-refractivity contribution is -0.142. The van der Waals surface area contributed by atoms with Crippen LogP contribution in [0.2, 0.25) is 0 Å². The molecular weight excluding hydrogens is 370 g/mol. The molecule has 0 aromatic rings. The molecule has 156 valence electrons. The molecule has 2 fully saturated rings. The van der Waals surface area contributed by atoms with Crippen LogP contribution in [0.4, 0.5) is 0 Å². The molecule has 2 heterocycles. The number of hydrogen-bond donors (Lipinski definition) is 1. The number of carbonyl (C=O) groups excluding carboxylic acids is 1. The fraction of sp³-hybridized carbons (Fsp3) is 0.882. The molecule has 0 saturated carbocycles. The standard InChI is InChI=1S/C17H33N5O4S/c1-4-22(27(3,24)25)9-6-8-19-17(18-2)21-12-10-20(11-13-21)16(23)15-7-5-14-26-15/h15H,4-14H2,1-3H3,(H,18,19). The van der Waals surface area contributed by atoms with Gasteiger partial charge < -0.3 is 19.9 Å². The van der Waals surface area contributed by atoms with Crippen molar-refractivity contribution in [2.45, 2.75) is 32.3 Å². The second-order valence-corrected chi connectivity index (χ2v) is 8.88. The monoisotopic (exact) mass is 403 g/mol. The average molecular weight is 404 g/mol. The molecule has 27 heavy (non-hydrogen) atoms. The van der Waals surface area contributed by atoms with Gasteiger partial charge in [-0.15, -0.1) is 0 Å². The molecule has 0 aromatic heterocycles. The number of guanidine groups is 1. The molecule has 10 heteroatoms. The summed E-state index contributed by atoms with van der Waals surface area (Å²) in [6.07, 6.45) is 3.47. The van der Waals surface area contributed by atoms with E-state index in [0.29, 0.717) is 45.8 Å². The molecule has 0 bridgehead atoms. The normalized spacial score (nSPS) is 21.8. The molecule has 2 saturated heterocycles. The Labute approximate surface area is 162 Å². The van der Waals surface area contributed by atoms with Crippen LogP contribution in [0.3, 0.4) is 0 Å². The summed E-state index contributed by atoms with van der Waals surface area (Å²) in [5.74, 6) is 0.900. The molecule has 1 unspecified atom stereocenters. The first-order valence-corrected chi connectivity index (χ1v) is 11.5. The van der Waals surface area contributed by atoms with Gasteiger partial charge in [-0.2, -0.15) is 0 Å². The largest absolute Gasteiger partial charge is 0.368 e. The SMILES string of the molecule is CCN(CCCNC(=NC)N1CCN(C(=O)C2CCCO2)CC1)S(C)(=O)=O. The van der Waals surface area contributed by atoms with Crippen molar-refractivity contribution in [3.8, 4) is 0 Å². The summed E-state index contributed by atoms with van der Waals surface area (Å²) < 4.78 is 30.2. The zero-order valence-electron chi connectivity index (χ0n) is 16.7. The molecule has 2 rings (SSSR count). The minimum atomic E-state index is -3.15. The van der Waals surface area contributed by atoms with Crippen molar-refractivity contribution in [3.05, 3.63) is 0 Å². The van der Waals surface area contributed by atoms with Gasteiger partial charge in [-0.3, -0.25) is 9.79 Å². The van der Waals surface area contributed by atoms with Gasteiger partial charge in [0.15, 0.2) is 5.96 Å². The molecule has 2 aliphatic rings. The van der Waals surface area contributed by atoms with E-state index in [2.05, 4.69) is 15.2 Å². The summed E-state index contributed by atoms with van der Waals surface area (Å²) in [5.41, 5.74) is 0. The van der Waals surface area contributed by atoms with E-state index in [0.717, 1.165) is 31.9 Å². The van der Waals surface area contributed by atoms with E-state index in [-0.39, 0.29) is 12.0 Å². The summed E-state index contributed by atoms with van der Waals surface area (Å²) in [5, 5.41) is 3.30. The molecule has 0 spiro atoms. The van der Waals surface area contributed by atoms with E-state index >= 15 is 0 Å². The van der Waals surface area contributed by atoms with Crippen molar-refractivity contribution < 1.29 is 17.9 Å². The third kappa shape index (κ3) is 6.32. The van der Waals surface area contributed by atoms with Crippen LogP contribution < -0.4 is 5.32 Å². The Morgan fingerprint density at radius 2 is 1.93 bits per heavy atom. The lowest BCUT2D eigenvalue weighted by atomic mass is 10.2. The quantitative estimate of drug-likeness (QED) is 0.352. The van der Waals surface area contributed by atoms with Crippen LogP contribution in [0.15, 0.2) is 4.99 Å². The highest BCUT2D eigenvalue weighted by Crippen LogP contribution is 2.16. The summed E-state index contributed by atoms with van der Waals surface area (Å²) in [7, 11) is -1.41. The zero-order valence-corrected chi connectivity index (χ0v) is 17.5. The predicted octanol–water partition coefficient (Wildman–Crippen LogP) is -0.443. The van der Waals surface area contributed by atoms with Crippen molar-refractivity contribution >= 4 is 21.9 Å². The summed E-state index contributed by atoms with van der Waals surface area (Å²) in [6.45, 7) is 6.91. The smallest absolute Gasteiger partial charge is 0.251 e. The minimum Gasteiger partial charge on any atom is -0.368 e. The third-order valence-corrected chi connectivity index (χ3v) is 6.38. The van der Waals surface area contributed by atoms with Crippen LogP contribution in [-0.4, -0.2) is 106 Å². The molecule has 0 aliphatic carbocycles. The van der Waals surface area contributed by atoms with Crippen molar-refractivity contribution in [2.75, 3.05) is 65.7 Å². The van der Waals surface area contributed by atoms with Crippen LogP contribution in [0.5, 0.6) is 0 Å². The van der Waals surface area contributed by atoms with Gasteiger partial charge in [-0.25, -0.2) is 12.7 Å². The molecular formula is C17H33N5O4S. The van der Waals surface area contributed by atoms with E-state index in [1.54, 1.807) is 7.05 Å². The Morgan fingerprint density at radius 1 is 1.26 bits per heavy atom. The second kappa shape index (κ2) is 10.2. The predicted molar refractivity (Wildman–Crippen MR) is 105 cm³/mol. The van der Waals surface area contributed by atoms with Gasteiger partial charge in [0.2, 0.25) is 10.0 Å². The first kappa shape index (κ1) is 21.9. The summed E-state index contributed by atoms with van der Waals surface area (Å²) in [4.78, 5) is 20.7. The van der Waals surface area contributed by atoms with Crippen molar-refractivity contribution in [3.63, 3.8) is 0 Å². The van der Waals surface area contributed by atoms with E-state index in [1.807, 2.05) is 11.8 Å². The Balaban J connectivity index is 1.73. The topological polar surface area (TPSA) is 94.5 Å². The number of ether oxygens (including phenoxy) is 1.